The van der Waals surface area contributed by atoms with Crippen molar-refractivity contribution in [2.45, 2.75) is 5.92 Å². The molecule has 21 heavy (non-hydrogen) atoms. The van der Waals surface area contributed by atoms with Gasteiger partial charge in [0.15, 0.2) is 11.7 Å². The number of aromatic nitrogens is 1. The highest BCUT2D eigenvalue weighted by atomic mass is 32.1. The Bertz CT molecular complexity index is 852. The van der Waals surface area contributed by atoms with Gasteiger partial charge >= 0.3 is 0 Å². The summed E-state index contributed by atoms with van der Waals surface area (Å²) in [6.45, 7) is 0. The predicted octanol–water partition coefficient (Wildman–Crippen LogP) is 3.93. The Morgan fingerprint density at radius 3 is 2.86 bits per heavy atom. The maximum atomic E-state index is 13.2. The van der Waals surface area contributed by atoms with Crippen LogP contribution >= 0.6 is 11.3 Å². The summed E-state index contributed by atoms with van der Waals surface area (Å²) < 4.78 is 13.9. The van der Waals surface area contributed by atoms with Crippen LogP contribution in [0.1, 0.15) is 21.3 Å². The number of halogens is 1. The number of nitrogens with zero attached hydrogens (tertiary/aromatic N) is 2. The van der Waals surface area contributed by atoms with Gasteiger partial charge in [-0.1, -0.05) is 12.1 Å². The summed E-state index contributed by atoms with van der Waals surface area (Å²) in [6.07, 6.45) is 1.55. The number of benzene rings is 1. The fourth-order valence-electron chi connectivity index (χ4n) is 2.07. The molecule has 0 fully saturated rings. The van der Waals surface area contributed by atoms with Gasteiger partial charge in [-0.25, -0.2) is 4.39 Å². The van der Waals surface area contributed by atoms with Gasteiger partial charge in [0.25, 0.3) is 0 Å². The van der Waals surface area contributed by atoms with E-state index >= 15 is 0 Å². The van der Waals surface area contributed by atoms with E-state index < -0.39 is 5.92 Å². The predicted molar refractivity (Wildman–Crippen MR) is 78.7 cm³/mol. The average Bonchev–Trinajstić information content (AvgIpc) is 2.92. The molecule has 0 amide bonds. The minimum Gasteiger partial charge on any atom is -0.291 e. The summed E-state index contributed by atoms with van der Waals surface area (Å²) >= 11 is 1.19. The first-order valence-electron chi connectivity index (χ1n) is 6.23. The number of ketones is 1. The fourth-order valence-corrected chi connectivity index (χ4v) is 3.13. The van der Waals surface area contributed by atoms with Gasteiger partial charge in [-0.15, -0.1) is 11.3 Å². The largest absolute Gasteiger partial charge is 0.291 e. The number of Topliss-reactive ketones (excluding diaryl/α,β-unsaturated/α-hetero) is 1. The number of fused-ring (bicyclic) bond motifs is 1. The van der Waals surface area contributed by atoms with Crippen molar-refractivity contribution in [1.29, 1.82) is 5.26 Å². The third-order valence-corrected chi connectivity index (χ3v) is 4.21. The molecule has 1 atom stereocenters. The van der Waals surface area contributed by atoms with Crippen LogP contribution in [0.2, 0.25) is 0 Å². The topological polar surface area (TPSA) is 53.8 Å². The summed E-state index contributed by atoms with van der Waals surface area (Å²) in [5.41, 5.74) is 0.425. The molecule has 0 aliphatic rings. The fraction of sp³-hybridized carbons (Fsp3) is 0.0625. The van der Waals surface area contributed by atoms with Crippen LogP contribution in [-0.4, -0.2) is 10.8 Å². The van der Waals surface area contributed by atoms with Crippen LogP contribution in [0.15, 0.2) is 48.7 Å². The SMILES string of the molecule is N#CC(C(=O)c1cc2ccc(F)cc2s1)c1ccccn1. The number of rotatable bonds is 3. The molecule has 3 rings (SSSR count). The molecule has 5 heteroatoms. The monoisotopic (exact) mass is 296 g/mol. The van der Waals surface area contributed by atoms with Crippen LogP contribution in [0.5, 0.6) is 0 Å². The van der Waals surface area contributed by atoms with Gasteiger partial charge in [0, 0.05) is 10.9 Å². The van der Waals surface area contributed by atoms with Gasteiger partial charge in [0.2, 0.25) is 0 Å². The molecule has 2 aromatic heterocycles. The van der Waals surface area contributed by atoms with Crippen molar-refractivity contribution in [3.63, 3.8) is 0 Å². The molecule has 0 bridgehead atoms. The minimum absolute atomic E-state index is 0.308. The summed E-state index contributed by atoms with van der Waals surface area (Å²) in [7, 11) is 0. The summed E-state index contributed by atoms with van der Waals surface area (Å²) in [5, 5.41) is 10.1. The maximum Gasteiger partial charge on any atom is 0.196 e. The lowest BCUT2D eigenvalue weighted by Gasteiger charge is -2.05. The van der Waals surface area contributed by atoms with E-state index in [4.69, 9.17) is 0 Å². The Balaban J connectivity index is 2.01. The normalized spacial score (nSPS) is 12.0. The summed E-state index contributed by atoms with van der Waals surface area (Å²) in [4.78, 5) is 17.0. The minimum atomic E-state index is -0.941. The zero-order valence-electron chi connectivity index (χ0n) is 10.8. The van der Waals surface area contributed by atoms with Gasteiger partial charge in [0.05, 0.1) is 16.6 Å². The van der Waals surface area contributed by atoms with E-state index in [1.165, 1.54) is 23.5 Å². The molecular weight excluding hydrogens is 287 g/mol. The highest BCUT2D eigenvalue weighted by molar-refractivity contribution is 7.20. The molecule has 0 spiro atoms. The Labute approximate surface area is 124 Å². The smallest absolute Gasteiger partial charge is 0.196 e. The highest BCUT2D eigenvalue weighted by Gasteiger charge is 2.24. The second-order valence-corrected chi connectivity index (χ2v) is 5.56. The number of nitriles is 1. The number of hydrogen-bond acceptors (Lipinski definition) is 4. The quantitative estimate of drug-likeness (QED) is 0.688. The first-order chi connectivity index (χ1) is 10.2. The van der Waals surface area contributed by atoms with E-state index in [0.717, 1.165) is 5.39 Å². The summed E-state index contributed by atoms with van der Waals surface area (Å²) in [6, 6.07) is 13.2. The van der Waals surface area contributed by atoms with Crippen molar-refractivity contribution in [3.8, 4) is 6.07 Å². The Morgan fingerprint density at radius 1 is 1.29 bits per heavy atom. The third kappa shape index (κ3) is 2.54. The van der Waals surface area contributed by atoms with Gasteiger partial charge in [-0.05, 0) is 35.7 Å². The van der Waals surface area contributed by atoms with Crippen molar-refractivity contribution in [2.75, 3.05) is 0 Å². The molecule has 3 nitrogen and oxygen atoms in total. The van der Waals surface area contributed by atoms with Crippen LogP contribution in [0, 0.1) is 17.1 Å². The van der Waals surface area contributed by atoms with Crippen LogP contribution in [0.4, 0.5) is 4.39 Å². The number of carbonyl (C=O) groups excluding carboxylic acids is 1. The Morgan fingerprint density at radius 2 is 2.14 bits per heavy atom. The summed E-state index contributed by atoms with van der Waals surface area (Å²) in [5.74, 6) is -1.59. The van der Waals surface area contributed by atoms with Crippen molar-refractivity contribution in [2.24, 2.45) is 0 Å². The molecule has 0 radical (unpaired) electrons. The molecule has 0 N–H and O–H groups in total. The van der Waals surface area contributed by atoms with Crippen LogP contribution < -0.4 is 0 Å². The first-order valence-corrected chi connectivity index (χ1v) is 7.04. The molecule has 2 heterocycles. The van der Waals surface area contributed by atoms with Gasteiger partial charge in [-0.3, -0.25) is 9.78 Å². The number of pyridine rings is 1. The number of thiophene rings is 1. The van der Waals surface area contributed by atoms with Crippen molar-refractivity contribution >= 4 is 27.2 Å². The van der Waals surface area contributed by atoms with E-state index in [0.29, 0.717) is 15.3 Å². The van der Waals surface area contributed by atoms with E-state index in [1.54, 1.807) is 36.5 Å². The third-order valence-electron chi connectivity index (χ3n) is 3.10. The lowest BCUT2D eigenvalue weighted by Crippen LogP contribution is -2.11. The molecule has 102 valence electrons. The van der Waals surface area contributed by atoms with Crippen LogP contribution in [0.25, 0.3) is 10.1 Å². The average molecular weight is 296 g/mol. The molecule has 0 saturated carbocycles. The van der Waals surface area contributed by atoms with Gasteiger partial charge in [-0.2, -0.15) is 5.26 Å². The molecule has 1 unspecified atom stereocenters. The van der Waals surface area contributed by atoms with E-state index in [2.05, 4.69) is 4.98 Å². The van der Waals surface area contributed by atoms with Crippen LogP contribution in [-0.2, 0) is 0 Å². The second-order valence-electron chi connectivity index (χ2n) is 4.47. The molecule has 3 aromatic rings. The van der Waals surface area contributed by atoms with Crippen molar-refractivity contribution in [3.05, 3.63) is 65.0 Å². The second kappa shape index (κ2) is 5.43. The van der Waals surface area contributed by atoms with Gasteiger partial charge in [0.1, 0.15) is 5.82 Å². The molecule has 0 aliphatic heterocycles. The van der Waals surface area contributed by atoms with Crippen molar-refractivity contribution in [1.82, 2.24) is 4.98 Å². The first kappa shape index (κ1) is 13.4. The highest BCUT2D eigenvalue weighted by Crippen LogP contribution is 2.30. The maximum absolute atomic E-state index is 13.2. The zero-order valence-corrected chi connectivity index (χ0v) is 11.6. The molecule has 1 aromatic carbocycles. The molecule has 0 aliphatic carbocycles. The van der Waals surface area contributed by atoms with E-state index in [-0.39, 0.29) is 11.6 Å². The number of hydrogen-bond donors (Lipinski definition) is 0. The Kier molecular flexibility index (Phi) is 3.46. The van der Waals surface area contributed by atoms with E-state index in [1.807, 2.05) is 6.07 Å². The zero-order chi connectivity index (χ0) is 14.8. The lowest BCUT2D eigenvalue weighted by atomic mass is 10.00. The molecular formula is C16H9FN2OS. The van der Waals surface area contributed by atoms with Gasteiger partial charge < -0.3 is 0 Å². The Hall–Kier alpha value is -2.58. The van der Waals surface area contributed by atoms with Crippen molar-refractivity contribution < 1.29 is 9.18 Å². The van der Waals surface area contributed by atoms with E-state index in [9.17, 15) is 14.4 Å². The van der Waals surface area contributed by atoms with Crippen LogP contribution in [0.3, 0.4) is 0 Å². The lowest BCUT2D eigenvalue weighted by molar-refractivity contribution is 0.0981. The number of carbonyl (C=O) groups is 1. The standard InChI is InChI=1S/C16H9FN2OS/c17-11-5-4-10-7-15(21-14(10)8-11)16(20)12(9-18)13-3-1-2-6-19-13/h1-8,12H. The molecule has 0 saturated heterocycles.